The highest BCUT2D eigenvalue weighted by Gasteiger charge is 2.29. The van der Waals surface area contributed by atoms with Crippen molar-refractivity contribution in [3.05, 3.63) is 29.6 Å². The zero-order valence-corrected chi connectivity index (χ0v) is 12.8. The summed E-state index contributed by atoms with van der Waals surface area (Å²) in [6.07, 6.45) is 4.56. The van der Waals surface area contributed by atoms with Gasteiger partial charge in [-0.1, -0.05) is 26.3 Å². The molecule has 0 aliphatic carbocycles. The molecule has 1 aliphatic heterocycles. The fourth-order valence-corrected chi connectivity index (χ4v) is 2.65. The van der Waals surface area contributed by atoms with E-state index >= 15 is 0 Å². The number of aromatic nitrogens is 1. The van der Waals surface area contributed by atoms with Crippen LogP contribution >= 0.6 is 0 Å². The van der Waals surface area contributed by atoms with Gasteiger partial charge < -0.3 is 10.2 Å². The summed E-state index contributed by atoms with van der Waals surface area (Å²) in [5.74, 6) is -0.0311. The number of hydrogen-bond donors (Lipinski definition) is 1. The molecule has 0 aromatic carbocycles. The van der Waals surface area contributed by atoms with E-state index in [2.05, 4.69) is 17.2 Å². The molecule has 2 heterocycles. The van der Waals surface area contributed by atoms with E-state index in [4.69, 9.17) is 0 Å². The second-order valence-corrected chi connectivity index (χ2v) is 5.38. The van der Waals surface area contributed by atoms with Gasteiger partial charge in [-0.3, -0.25) is 14.6 Å². The molecule has 1 fully saturated rings. The zero-order valence-electron chi connectivity index (χ0n) is 12.8. The highest BCUT2D eigenvalue weighted by Crippen LogP contribution is 2.14. The SMILES string of the molecule is CCCC1NC(=O)CCN(Cc2ncccc2CC)C1=O. The van der Waals surface area contributed by atoms with Gasteiger partial charge in [-0.05, 0) is 24.5 Å². The molecule has 2 rings (SSSR count). The molecule has 1 saturated heterocycles. The smallest absolute Gasteiger partial charge is 0.245 e. The van der Waals surface area contributed by atoms with Crippen LogP contribution < -0.4 is 5.32 Å². The lowest BCUT2D eigenvalue weighted by Gasteiger charge is -2.24. The Morgan fingerprint density at radius 2 is 2.19 bits per heavy atom. The van der Waals surface area contributed by atoms with Crippen molar-refractivity contribution < 1.29 is 9.59 Å². The molecule has 1 N–H and O–H groups in total. The van der Waals surface area contributed by atoms with E-state index < -0.39 is 6.04 Å². The van der Waals surface area contributed by atoms with Gasteiger partial charge in [0.15, 0.2) is 0 Å². The zero-order chi connectivity index (χ0) is 15.2. The molecule has 0 radical (unpaired) electrons. The summed E-state index contributed by atoms with van der Waals surface area (Å²) in [6.45, 7) is 5.04. The molecule has 0 spiro atoms. The van der Waals surface area contributed by atoms with E-state index in [0.29, 0.717) is 25.9 Å². The minimum Gasteiger partial charge on any atom is -0.344 e. The van der Waals surface area contributed by atoms with Gasteiger partial charge in [0.05, 0.1) is 12.2 Å². The van der Waals surface area contributed by atoms with Crippen molar-refractivity contribution in [2.75, 3.05) is 6.54 Å². The van der Waals surface area contributed by atoms with Crippen molar-refractivity contribution in [1.82, 2.24) is 15.2 Å². The molecule has 114 valence electrons. The molecule has 1 aromatic rings. The van der Waals surface area contributed by atoms with Crippen LogP contribution in [0.5, 0.6) is 0 Å². The monoisotopic (exact) mass is 289 g/mol. The van der Waals surface area contributed by atoms with Crippen LogP contribution in [-0.4, -0.2) is 34.3 Å². The van der Waals surface area contributed by atoms with E-state index in [1.165, 1.54) is 0 Å². The summed E-state index contributed by atoms with van der Waals surface area (Å²) in [7, 11) is 0. The van der Waals surface area contributed by atoms with Gasteiger partial charge >= 0.3 is 0 Å². The van der Waals surface area contributed by atoms with Gasteiger partial charge in [-0.15, -0.1) is 0 Å². The first kappa shape index (κ1) is 15.5. The highest BCUT2D eigenvalue weighted by atomic mass is 16.2. The van der Waals surface area contributed by atoms with Crippen LogP contribution in [0.4, 0.5) is 0 Å². The maximum Gasteiger partial charge on any atom is 0.245 e. The summed E-state index contributed by atoms with van der Waals surface area (Å²) in [5.41, 5.74) is 2.08. The van der Waals surface area contributed by atoms with Gasteiger partial charge in [-0.2, -0.15) is 0 Å². The first-order valence-electron chi connectivity index (χ1n) is 7.66. The van der Waals surface area contributed by atoms with Crippen LogP contribution in [-0.2, 0) is 22.6 Å². The molecule has 0 bridgehead atoms. The second kappa shape index (κ2) is 7.20. The summed E-state index contributed by atoms with van der Waals surface area (Å²) in [6, 6.07) is 3.56. The van der Waals surface area contributed by atoms with Crippen LogP contribution in [0.15, 0.2) is 18.3 Å². The van der Waals surface area contributed by atoms with Gasteiger partial charge in [0, 0.05) is 19.2 Å². The summed E-state index contributed by atoms with van der Waals surface area (Å²) in [4.78, 5) is 30.5. The molecule has 5 heteroatoms. The number of nitrogens with one attached hydrogen (secondary N) is 1. The summed E-state index contributed by atoms with van der Waals surface area (Å²) >= 11 is 0. The van der Waals surface area contributed by atoms with Gasteiger partial charge in [0.25, 0.3) is 0 Å². The first-order valence-corrected chi connectivity index (χ1v) is 7.66. The normalized spacial score (nSPS) is 19.3. The molecule has 1 atom stereocenters. The predicted molar refractivity (Wildman–Crippen MR) is 80.5 cm³/mol. The number of carbonyl (C=O) groups excluding carboxylic acids is 2. The number of rotatable bonds is 5. The molecule has 1 aromatic heterocycles. The summed E-state index contributed by atoms with van der Waals surface area (Å²) < 4.78 is 0. The third-order valence-corrected chi connectivity index (χ3v) is 3.84. The fourth-order valence-electron chi connectivity index (χ4n) is 2.65. The molecule has 5 nitrogen and oxygen atoms in total. The van der Waals surface area contributed by atoms with E-state index in [1.54, 1.807) is 11.1 Å². The molecule has 1 aliphatic rings. The minimum absolute atomic E-state index is 0.00964. The number of amides is 2. The Morgan fingerprint density at radius 3 is 2.90 bits per heavy atom. The summed E-state index contributed by atoms with van der Waals surface area (Å²) in [5, 5.41) is 2.82. The van der Waals surface area contributed by atoms with Crippen molar-refractivity contribution in [3.8, 4) is 0 Å². The number of carbonyl (C=O) groups is 2. The lowest BCUT2D eigenvalue weighted by Crippen LogP contribution is -2.44. The number of nitrogens with zero attached hydrogens (tertiary/aromatic N) is 2. The molecular weight excluding hydrogens is 266 g/mol. The Morgan fingerprint density at radius 1 is 1.38 bits per heavy atom. The van der Waals surface area contributed by atoms with Crippen LogP contribution in [0, 0.1) is 0 Å². The largest absolute Gasteiger partial charge is 0.344 e. The van der Waals surface area contributed by atoms with Crippen LogP contribution in [0.1, 0.15) is 44.4 Å². The molecule has 0 saturated carbocycles. The highest BCUT2D eigenvalue weighted by molar-refractivity contribution is 5.89. The molecule has 21 heavy (non-hydrogen) atoms. The minimum atomic E-state index is -0.390. The van der Waals surface area contributed by atoms with Gasteiger partial charge in [-0.25, -0.2) is 0 Å². The van der Waals surface area contributed by atoms with E-state index in [-0.39, 0.29) is 11.8 Å². The number of aryl methyl sites for hydroxylation is 1. The van der Waals surface area contributed by atoms with Gasteiger partial charge in [0.2, 0.25) is 11.8 Å². The predicted octanol–water partition coefficient (Wildman–Crippen LogP) is 1.66. The van der Waals surface area contributed by atoms with E-state index in [1.807, 2.05) is 19.1 Å². The van der Waals surface area contributed by atoms with Crippen molar-refractivity contribution in [2.24, 2.45) is 0 Å². The topological polar surface area (TPSA) is 62.3 Å². The Labute approximate surface area is 125 Å². The van der Waals surface area contributed by atoms with E-state index in [0.717, 1.165) is 24.1 Å². The number of pyridine rings is 1. The Kier molecular flexibility index (Phi) is 5.31. The quantitative estimate of drug-likeness (QED) is 0.896. The number of hydrogen-bond acceptors (Lipinski definition) is 3. The lowest BCUT2D eigenvalue weighted by atomic mass is 10.1. The van der Waals surface area contributed by atoms with Crippen molar-refractivity contribution >= 4 is 11.8 Å². The molecular formula is C16H23N3O2. The molecule has 1 unspecified atom stereocenters. The van der Waals surface area contributed by atoms with Crippen LogP contribution in [0.25, 0.3) is 0 Å². The van der Waals surface area contributed by atoms with Crippen LogP contribution in [0.2, 0.25) is 0 Å². The standard InChI is InChI=1S/C16H23N3O2/c1-3-6-13-16(21)19(10-8-15(20)18-13)11-14-12(4-2)7-5-9-17-14/h5,7,9,13H,3-4,6,8,10-11H2,1-2H3,(H,18,20). The fraction of sp³-hybridized carbons (Fsp3) is 0.562. The molecule has 2 amide bonds. The third-order valence-electron chi connectivity index (χ3n) is 3.84. The van der Waals surface area contributed by atoms with E-state index in [9.17, 15) is 9.59 Å². The first-order chi connectivity index (χ1) is 10.2. The lowest BCUT2D eigenvalue weighted by molar-refractivity contribution is -0.134. The maximum absolute atomic E-state index is 12.6. The Balaban J connectivity index is 2.17. The maximum atomic E-state index is 12.6. The van der Waals surface area contributed by atoms with Gasteiger partial charge in [0.1, 0.15) is 6.04 Å². The third kappa shape index (κ3) is 3.80. The van der Waals surface area contributed by atoms with Crippen molar-refractivity contribution in [3.63, 3.8) is 0 Å². The van der Waals surface area contributed by atoms with Crippen molar-refractivity contribution in [1.29, 1.82) is 0 Å². The second-order valence-electron chi connectivity index (χ2n) is 5.38. The average molecular weight is 289 g/mol. The van der Waals surface area contributed by atoms with Crippen molar-refractivity contribution in [2.45, 2.75) is 52.1 Å². The average Bonchev–Trinajstić information content (AvgIpc) is 2.62. The Hall–Kier alpha value is -1.91. The Bertz CT molecular complexity index is 516. The van der Waals surface area contributed by atoms with Crippen LogP contribution in [0.3, 0.4) is 0 Å².